The Hall–Kier alpha value is -3.20. The van der Waals surface area contributed by atoms with E-state index in [-0.39, 0.29) is 40.3 Å². The third kappa shape index (κ3) is 4.57. The molecule has 0 bridgehead atoms. The van der Waals surface area contributed by atoms with Crippen LogP contribution in [0.3, 0.4) is 0 Å². The van der Waals surface area contributed by atoms with E-state index in [9.17, 15) is 4.79 Å². The van der Waals surface area contributed by atoms with Crippen molar-refractivity contribution in [1.29, 1.82) is 0 Å². The molecule has 1 aromatic heterocycles. The molecule has 1 N–H and O–H groups in total. The molecule has 3 aromatic carbocycles. The van der Waals surface area contributed by atoms with Gasteiger partial charge in [-0.3, -0.25) is 9.78 Å². The number of likely N-dealkylation sites (tertiary alicyclic amines) is 1. The predicted octanol–water partition coefficient (Wildman–Crippen LogP) is 4.99. The Morgan fingerprint density at radius 2 is 2.03 bits per heavy atom. The van der Waals surface area contributed by atoms with Crippen LogP contribution in [0.15, 0.2) is 47.3 Å². The number of hydrogen-bond donors (Lipinski definition) is 1. The summed E-state index contributed by atoms with van der Waals surface area (Å²) in [5.41, 5.74) is 0.0444. The highest BCUT2D eigenvalue weighted by molar-refractivity contribution is 6.34. The number of nitrogens with one attached hydrogen (secondary N) is 1. The van der Waals surface area contributed by atoms with E-state index in [1.807, 2.05) is 37.4 Å². The van der Waals surface area contributed by atoms with Crippen LogP contribution in [0.5, 0.6) is 11.8 Å². The van der Waals surface area contributed by atoms with Crippen LogP contribution < -0.4 is 15.0 Å². The highest BCUT2D eigenvalue weighted by Crippen LogP contribution is 2.40. The summed E-state index contributed by atoms with van der Waals surface area (Å²) in [6.07, 6.45) is 2.08. The molecule has 1 aliphatic rings. The molecule has 7 nitrogen and oxygen atoms in total. The van der Waals surface area contributed by atoms with Crippen molar-refractivity contribution in [3.05, 3.63) is 63.7 Å². The minimum absolute atomic E-state index is 0.0167. The second-order valence-corrected chi connectivity index (χ2v) is 9.05. The lowest BCUT2D eigenvalue weighted by Gasteiger charge is -2.19. The molecule has 9 heteroatoms. The molecule has 1 atom stereocenters. The maximum atomic E-state index is 16.1. The minimum Gasteiger partial charge on any atom is -0.468 e. The Kier molecular flexibility index (Phi) is 6.60. The minimum atomic E-state index is -0.699. The number of fused-ring (bicyclic) bond motifs is 2. The summed E-state index contributed by atoms with van der Waals surface area (Å²) in [5, 5.41) is 1.77. The lowest BCUT2D eigenvalue weighted by atomic mass is 9.96. The molecular formula is C26H25ClFN3O4. The number of likely N-dealkylation sites (N-methyl/N-ethyl adjacent to an activating group) is 1. The van der Waals surface area contributed by atoms with Gasteiger partial charge in [0, 0.05) is 18.7 Å². The van der Waals surface area contributed by atoms with Crippen LogP contribution in [-0.4, -0.2) is 55.0 Å². The van der Waals surface area contributed by atoms with Gasteiger partial charge in [-0.2, -0.15) is 4.98 Å². The molecule has 0 spiro atoms. The van der Waals surface area contributed by atoms with Crippen LogP contribution in [-0.2, 0) is 4.74 Å². The van der Waals surface area contributed by atoms with Crippen LogP contribution in [0.4, 0.5) is 4.39 Å². The van der Waals surface area contributed by atoms with Crippen molar-refractivity contribution in [2.45, 2.75) is 18.9 Å². The quantitative estimate of drug-likeness (QED) is 0.362. The summed E-state index contributed by atoms with van der Waals surface area (Å²) in [4.78, 5) is 21.9. The first-order valence-electron chi connectivity index (χ1n) is 11.4. The van der Waals surface area contributed by atoms with E-state index in [4.69, 9.17) is 25.8 Å². The molecule has 35 heavy (non-hydrogen) atoms. The molecule has 1 fully saturated rings. The third-order valence-corrected chi connectivity index (χ3v) is 6.70. The number of aromatic amines is 1. The fourth-order valence-electron chi connectivity index (χ4n) is 4.57. The molecule has 182 valence electrons. The molecule has 1 unspecified atom stereocenters. The lowest BCUT2D eigenvalue weighted by Crippen LogP contribution is -2.31. The molecule has 2 heterocycles. The number of benzene rings is 3. The number of methoxy groups -OCH3 is 1. The van der Waals surface area contributed by atoms with Crippen molar-refractivity contribution in [3.8, 4) is 22.9 Å². The summed E-state index contributed by atoms with van der Waals surface area (Å²) in [6.45, 7) is 1.39. The van der Waals surface area contributed by atoms with E-state index in [0.717, 1.165) is 30.2 Å². The van der Waals surface area contributed by atoms with E-state index < -0.39 is 11.4 Å². The predicted molar refractivity (Wildman–Crippen MR) is 134 cm³/mol. The van der Waals surface area contributed by atoms with Gasteiger partial charge in [0.1, 0.15) is 17.9 Å². The maximum Gasteiger partial charge on any atom is 0.297 e. The number of nitrogens with zero attached hydrogens (tertiary/aromatic N) is 2. The summed E-state index contributed by atoms with van der Waals surface area (Å²) in [7, 11) is 3.55. The van der Waals surface area contributed by atoms with Crippen molar-refractivity contribution in [3.63, 3.8) is 0 Å². The standard InChI is InChI=1S/C26H25ClFN3O4/c1-31-9-5-7-16(31)13-34-26-29-24-20(25(32)30-26)12-21(27)22(23(24)28)19-11-17(35-14-33-2)10-15-6-3-4-8-18(15)19/h3-4,6,8,10-12,16H,5,7,9,13-14H2,1-2H3,(H,29,30,32). The molecule has 1 saturated heterocycles. The molecule has 0 amide bonds. The number of hydrogen-bond acceptors (Lipinski definition) is 6. The monoisotopic (exact) mass is 497 g/mol. The van der Waals surface area contributed by atoms with Gasteiger partial charge in [0.15, 0.2) is 12.6 Å². The van der Waals surface area contributed by atoms with Crippen molar-refractivity contribution >= 4 is 33.3 Å². The zero-order chi connectivity index (χ0) is 24.5. The van der Waals surface area contributed by atoms with Gasteiger partial charge >= 0.3 is 0 Å². The zero-order valence-corrected chi connectivity index (χ0v) is 20.2. The van der Waals surface area contributed by atoms with Crippen molar-refractivity contribution < 1.29 is 18.6 Å². The van der Waals surface area contributed by atoms with Gasteiger partial charge in [-0.1, -0.05) is 35.9 Å². The average molecular weight is 498 g/mol. The molecule has 0 saturated carbocycles. The fraction of sp³-hybridized carbons (Fsp3) is 0.308. The van der Waals surface area contributed by atoms with Gasteiger partial charge in [0.2, 0.25) is 0 Å². The molecule has 1 aliphatic heterocycles. The summed E-state index contributed by atoms with van der Waals surface area (Å²) >= 11 is 6.55. The first-order chi connectivity index (χ1) is 17.0. The Balaban J connectivity index is 1.63. The summed E-state index contributed by atoms with van der Waals surface area (Å²) < 4.78 is 32.5. The second kappa shape index (κ2) is 9.81. The SMILES string of the molecule is COCOc1cc(-c2c(Cl)cc3c(=O)[nH]c(OCC4CCCN4C)nc3c2F)c2ccccc2c1. The highest BCUT2D eigenvalue weighted by Gasteiger charge is 2.23. The highest BCUT2D eigenvalue weighted by atomic mass is 35.5. The molecule has 4 aromatic rings. The number of halogens is 2. The summed E-state index contributed by atoms with van der Waals surface area (Å²) in [6, 6.07) is 12.7. The van der Waals surface area contributed by atoms with Crippen LogP contribution in [0.1, 0.15) is 12.8 Å². The van der Waals surface area contributed by atoms with Gasteiger partial charge in [-0.15, -0.1) is 0 Å². The first kappa shape index (κ1) is 23.5. The van der Waals surface area contributed by atoms with E-state index >= 15 is 4.39 Å². The van der Waals surface area contributed by atoms with Gasteiger partial charge in [-0.05, 0) is 61.0 Å². The fourth-order valence-corrected chi connectivity index (χ4v) is 4.86. The largest absolute Gasteiger partial charge is 0.468 e. The Morgan fingerprint density at radius 3 is 2.80 bits per heavy atom. The Morgan fingerprint density at radius 1 is 1.20 bits per heavy atom. The number of aromatic nitrogens is 2. The Labute approximate surface area is 206 Å². The lowest BCUT2D eigenvalue weighted by molar-refractivity contribution is 0.0512. The smallest absolute Gasteiger partial charge is 0.297 e. The third-order valence-electron chi connectivity index (χ3n) is 6.40. The summed E-state index contributed by atoms with van der Waals surface area (Å²) in [5.74, 6) is -0.199. The molecular weight excluding hydrogens is 473 g/mol. The molecule has 0 aliphatic carbocycles. The molecule has 0 radical (unpaired) electrons. The van der Waals surface area contributed by atoms with Crippen LogP contribution >= 0.6 is 11.6 Å². The van der Waals surface area contributed by atoms with Gasteiger partial charge < -0.3 is 19.1 Å². The maximum absolute atomic E-state index is 16.1. The van der Waals surface area contributed by atoms with Crippen LogP contribution in [0, 0.1) is 5.82 Å². The van der Waals surface area contributed by atoms with E-state index in [1.54, 1.807) is 6.07 Å². The number of H-pyrrole nitrogens is 1. The normalized spacial score (nSPS) is 16.3. The van der Waals surface area contributed by atoms with Crippen molar-refractivity contribution in [2.75, 3.05) is 34.1 Å². The van der Waals surface area contributed by atoms with E-state index in [0.29, 0.717) is 17.9 Å². The van der Waals surface area contributed by atoms with Crippen LogP contribution in [0.25, 0.3) is 32.8 Å². The van der Waals surface area contributed by atoms with E-state index in [2.05, 4.69) is 14.9 Å². The second-order valence-electron chi connectivity index (χ2n) is 8.65. The Bertz CT molecular complexity index is 1460. The zero-order valence-electron chi connectivity index (χ0n) is 19.4. The van der Waals surface area contributed by atoms with E-state index in [1.165, 1.54) is 13.2 Å². The molecule has 5 rings (SSSR count). The first-order valence-corrected chi connectivity index (χ1v) is 11.7. The van der Waals surface area contributed by atoms with Crippen molar-refractivity contribution in [2.24, 2.45) is 0 Å². The van der Waals surface area contributed by atoms with Gasteiger partial charge in [0.05, 0.1) is 10.4 Å². The average Bonchev–Trinajstić information content (AvgIpc) is 3.26. The van der Waals surface area contributed by atoms with Crippen molar-refractivity contribution in [1.82, 2.24) is 14.9 Å². The number of rotatable bonds is 7. The van der Waals surface area contributed by atoms with Gasteiger partial charge in [0.25, 0.3) is 11.6 Å². The topological polar surface area (TPSA) is 76.7 Å². The van der Waals surface area contributed by atoms with Crippen LogP contribution in [0.2, 0.25) is 5.02 Å². The van der Waals surface area contributed by atoms with Gasteiger partial charge in [-0.25, -0.2) is 4.39 Å². The number of ether oxygens (including phenoxy) is 3.